The van der Waals surface area contributed by atoms with Crippen LogP contribution in [0.4, 0.5) is 10.3 Å². The van der Waals surface area contributed by atoms with Crippen molar-refractivity contribution in [1.82, 2.24) is 9.97 Å². The van der Waals surface area contributed by atoms with Gasteiger partial charge in [-0.1, -0.05) is 11.3 Å². The highest BCUT2D eigenvalue weighted by molar-refractivity contribution is 7.19. The summed E-state index contributed by atoms with van der Waals surface area (Å²) in [4.78, 5) is 12.7. The lowest BCUT2D eigenvalue weighted by molar-refractivity contribution is 0.857. The zero-order chi connectivity index (χ0) is 13.8. The molecule has 0 saturated heterocycles. The van der Waals surface area contributed by atoms with Crippen molar-refractivity contribution in [2.24, 2.45) is 0 Å². The minimum atomic E-state index is 0.902. The van der Waals surface area contributed by atoms with Gasteiger partial charge < -0.3 is 10.2 Å². The van der Waals surface area contributed by atoms with Gasteiger partial charge in [0.05, 0.1) is 16.3 Å². The molecule has 0 aliphatic heterocycles. The number of nitrogens with zero attached hydrogens (tertiary/aromatic N) is 3. The van der Waals surface area contributed by atoms with Crippen LogP contribution in [0.1, 0.15) is 26.5 Å². The average Bonchev–Trinajstić information content (AvgIpc) is 2.98. The molecule has 2 aromatic rings. The lowest BCUT2D eigenvalue weighted by atomic mass is 10.3. The Morgan fingerprint density at radius 3 is 2.58 bits per heavy atom. The summed E-state index contributed by atoms with van der Waals surface area (Å²) >= 11 is 3.38. The Morgan fingerprint density at radius 1 is 1.21 bits per heavy atom. The molecule has 0 spiro atoms. The Hall–Kier alpha value is -1.14. The molecule has 19 heavy (non-hydrogen) atoms. The molecule has 0 saturated carbocycles. The van der Waals surface area contributed by atoms with E-state index in [2.05, 4.69) is 53.3 Å². The van der Waals surface area contributed by atoms with Crippen LogP contribution in [-0.2, 0) is 0 Å². The van der Waals surface area contributed by atoms with Gasteiger partial charge in [0.1, 0.15) is 0 Å². The third-order valence-corrected chi connectivity index (χ3v) is 4.92. The lowest BCUT2D eigenvalue weighted by Crippen LogP contribution is -2.21. The second-order valence-electron chi connectivity index (χ2n) is 4.15. The smallest absolute Gasteiger partial charge is 0.186 e. The molecule has 0 bridgehead atoms. The molecule has 2 heterocycles. The van der Waals surface area contributed by atoms with Crippen LogP contribution in [-0.4, -0.2) is 29.6 Å². The van der Waals surface area contributed by atoms with Crippen LogP contribution in [0.15, 0.2) is 5.38 Å². The molecule has 0 aromatic carbocycles. The van der Waals surface area contributed by atoms with E-state index >= 15 is 0 Å². The maximum atomic E-state index is 4.67. The van der Waals surface area contributed by atoms with E-state index < -0.39 is 0 Å². The highest BCUT2D eigenvalue weighted by Crippen LogP contribution is 2.35. The van der Waals surface area contributed by atoms with Crippen LogP contribution in [0.2, 0.25) is 0 Å². The van der Waals surface area contributed by atoms with Gasteiger partial charge in [-0.25, -0.2) is 9.97 Å². The normalized spacial score (nSPS) is 10.7. The fourth-order valence-corrected chi connectivity index (χ4v) is 3.86. The quantitative estimate of drug-likeness (QED) is 0.879. The molecule has 1 N–H and O–H groups in total. The van der Waals surface area contributed by atoms with E-state index in [1.54, 1.807) is 22.7 Å². The molecule has 0 unspecified atom stereocenters. The molecular weight excluding hydrogens is 276 g/mol. The summed E-state index contributed by atoms with van der Waals surface area (Å²) in [6.45, 7) is 11.3. The molecule has 0 amide bonds. The minimum absolute atomic E-state index is 0.902. The fraction of sp³-hybridized carbons (Fsp3) is 0.538. The van der Waals surface area contributed by atoms with E-state index in [9.17, 15) is 0 Å². The highest BCUT2D eigenvalue weighted by Gasteiger charge is 2.15. The number of anilines is 2. The molecule has 2 aromatic heterocycles. The minimum Gasteiger partial charge on any atom is -0.362 e. The number of hydrogen-bond acceptors (Lipinski definition) is 6. The summed E-state index contributed by atoms with van der Waals surface area (Å²) in [6.07, 6.45) is 0. The Bertz CT molecular complexity index is 528. The first kappa shape index (κ1) is 14.3. The zero-order valence-electron chi connectivity index (χ0n) is 11.9. The van der Waals surface area contributed by atoms with Crippen LogP contribution in [0.3, 0.4) is 0 Å². The molecule has 4 nitrogen and oxygen atoms in total. The number of aromatic nitrogens is 2. The van der Waals surface area contributed by atoms with Crippen molar-refractivity contribution in [2.45, 2.75) is 27.7 Å². The van der Waals surface area contributed by atoms with Gasteiger partial charge in [0.15, 0.2) is 10.3 Å². The van der Waals surface area contributed by atoms with E-state index in [0.29, 0.717) is 0 Å². The molecule has 0 aliphatic rings. The summed E-state index contributed by atoms with van der Waals surface area (Å²) < 4.78 is 0. The van der Waals surface area contributed by atoms with Gasteiger partial charge in [0.25, 0.3) is 0 Å². The SMILES string of the molecule is CCNc1nc(-c2sc(N(CC)CC)nc2C)cs1. The van der Waals surface area contributed by atoms with Crippen molar-refractivity contribution >= 4 is 32.9 Å². The predicted molar refractivity (Wildman–Crippen MR) is 85.7 cm³/mol. The number of nitrogens with one attached hydrogen (secondary N) is 1. The van der Waals surface area contributed by atoms with Crippen molar-refractivity contribution in [2.75, 3.05) is 29.9 Å². The average molecular weight is 296 g/mol. The van der Waals surface area contributed by atoms with Crippen molar-refractivity contribution in [1.29, 1.82) is 0 Å². The van der Waals surface area contributed by atoms with Crippen LogP contribution in [0.5, 0.6) is 0 Å². The second kappa shape index (κ2) is 6.34. The monoisotopic (exact) mass is 296 g/mol. The Balaban J connectivity index is 2.28. The highest BCUT2D eigenvalue weighted by atomic mass is 32.1. The van der Waals surface area contributed by atoms with E-state index in [1.807, 2.05) is 0 Å². The van der Waals surface area contributed by atoms with Gasteiger partial charge in [-0.15, -0.1) is 11.3 Å². The summed E-state index contributed by atoms with van der Waals surface area (Å²) in [5.74, 6) is 0. The van der Waals surface area contributed by atoms with Crippen LogP contribution in [0.25, 0.3) is 10.6 Å². The van der Waals surface area contributed by atoms with Gasteiger partial charge in [0.2, 0.25) is 0 Å². The number of aryl methyl sites for hydroxylation is 1. The molecule has 0 atom stereocenters. The topological polar surface area (TPSA) is 41.1 Å². The molecule has 6 heteroatoms. The van der Waals surface area contributed by atoms with Crippen LogP contribution in [0, 0.1) is 6.92 Å². The predicted octanol–water partition coefficient (Wildman–Crippen LogP) is 3.85. The first-order valence-electron chi connectivity index (χ1n) is 6.61. The summed E-state index contributed by atoms with van der Waals surface area (Å²) in [5.41, 5.74) is 2.11. The molecule has 104 valence electrons. The standard InChI is InChI=1S/C13H20N4S2/c1-5-14-12-16-10(8-18-12)11-9(4)15-13(19-11)17(6-2)7-3/h8H,5-7H2,1-4H3,(H,14,16). The van der Waals surface area contributed by atoms with Crippen LogP contribution >= 0.6 is 22.7 Å². The Labute approximate surface area is 122 Å². The summed E-state index contributed by atoms with van der Waals surface area (Å²) in [7, 11) is 0. The largest absolute Gasteiger partial charge is 0.362 e. The van der Waals surface area contributed by atoms with Gasteiger partial charge in [0, 0.05) is 25.0 Å². The lowest BCUT2D eigenvalue weighted by Gasteiger charge is -2.16. The summed E-state index contributed by atoms with van der Waals surface area (Å²) in [5, 5.41) is 7.43. The van der Waals surface area contributed by atoms with Crippen molar-refractivity contribution in [3.63, 3.8) is 0 Å². The van der Waals surface area contributed by atoms with Gasteiger partial charge in [-0.3, -0.25) is 0 Å². The fourth-order valence-electron chi connectivity index (χ4n) is 1.86. The Kier molecular flexibility index (Phi) is 4.76. The van der Waals surface area contributed by atoms with Crippen molar-refractivity contribution in [3.05, 3.63) is 11.1 Å². The molecular formula is C13H20N4S2. The number of thiazole rings is 2. The van der Waals surface area contributed by atoms with Gasteiger partial charge >= 0.3 is 0 Å². The Morgan fingerprint density at radius 2 is 1.95 bits per heavy atom. The van der Waals surface area contributed by atoms with Crippen molar-refractivity contribution < 1.29 is 0 Å². The molecule has 0 aliphatic carbocycles. The molecule has 2 rings (SSSR count). The maximum Gasteiger partial charge on any atom is 0.186 e. The number of rotatable bonds is 6. The van der Waals surface area contributed by atoms with Crippen LogP contribution < -0.4 is 10.2 Å². The van der Waals surface area contributed by atoms with E-state index in [1.165, 1.54) is 4.88 Å². The van der Waals surface area contributed by atoms with E-state index in [0.717, 1.165) is 41.3 Å². The maximum absolute atomic E-state index is 4.67. The van der Waals surface area contributed by atoms with E-state index in [4.69, 9.17) is 0 Å². The van der Waals surface area contributed by atoms with Gasteiger partial charge in [-0.05, 0) is 27.7 Å². The zero-order valence-corrected chi connectivity index (χ0v) is 13.5. The third-order valence-electron chi connectivity index (χ3n) is 2.88. The first-order chi connectivity index (χ1) is 9.19. The van der Waals surface area contributed by atoms with E-state index in [-0.39, 0.29) is 0 Å². The van der Waals surface area contributed by atoms with Crippen molar-refractivity contribution in [3.8, 4) is 10.6 Å². The summed E-state index contributed by atoms with van der Waals surface area (Å²) in [6, 6.07) is 0. The number of hydrogen-bond donors (Lipinski definition) is 1. The van der Waals surface area contributed by atoms with Gasteiger partial charge in [-0.2, -0.15) is 0 Å². The molecule has 0 fully saturated rings. The molecule has 0 radical (unpaired) electrons. The third kappa shape index (κ3) is 3.06. The second-order valence-corrected chi connectivity index (χ2v) is 5.99. The first-order valence-corrected chi connectivity index (χ1v) is 8.31.